The molecule has 1 fully saturated rings. The van der Waals surface area contributed by atoms with Crippen LogP contribution in [0.2, 0.25) is 0 Å². The number of thiazole rings is 1. The Morgan fingerprint density at radius 2 is 1.80 bits per heavy atom. The number of aliphatic hydroxyl groups is 1. The number of hydrogen-bond acceptors (Lipinski definition) is 10. The molecular weight excluding hydrogens is 602 g/mol. The van der Waals surface area contributed by atoms with Crippen molar-refractivity contribution in [1.82, 2.24) is 20.5 Å². The number of benzene rings is 1. The quantitative estimate of drug-likeness (QED) is 0.101. The Bertz CT molecular complexity index is 1310. The summed E-state index contributed by atoms with van der Waals surface area (Å²) in [5.41, 5.74) is 12.2. The van der Waals surface area contributed by atoms with Gasteiger partial charge in [0.2, 0.25) is 17.7 Å². The van der Waals surface area contributed by atoms with E-state index in [1.165, 1.54) is 4.90 Å². The zero-order valence-corrected chi connectivity index (χ0v) is 27.0. The normalized spacial score (nSPS) is 17.0. The van der Waals surface area contributed by atoms with E-state index in [4.69, 9.17) is 19.7 Å². The molecule has 0 spiro atoms. The lowest BCUT2D eigenvalue weighted by atomic mass is 9.85. The predicted octanol–water partition coefficient (Wildman–Crippen LogP) is 2.59. The highest BCUT2D eigenvalue weighted by Gasteiger charge is 2.44. The number of nitrogens with zero attached hydrogens (tertiary/aromatic N) is 5. The van der Waals surface area contributed by atoms with Gasteiger partial charge in [0, 0.05) is 31.0 Å². The van der Waals surface area contributed by atoms with Crippen LogP contribution in [0.3, 0.4) is 0 Å². The van der Waals surface area contributed by atoms with Crippen LogP contribution in [0.15, 0.2) is 34.9 Å². The molecule has 246 valence electrons. The van der Waals surface area contributed by atoms with E-state index >= 15 is 0 Å². The molecule has 2 aromatic rings. The summed E-state index contributed by atoms with van der Waals surface area (Å²) >= 11 is 1.57. The van der Waals surface area contributed by atoms with Gasteiger partial charge in [-0.1, -0.05) is 50.2 Å². The van der Waals surface area contributed by atoms with E-state index in [1.54, 1.807) is 11.3 Å². The molecule has 3 N–H and O–H groups in total. The molecule has 1 aliphatic rings. The minimum atomic E-state index is -0.948. The molecular formula is C30H43N7O7S. The number of hydrogen-bond donors (Lipinski definition) is 3. The summed E-state index contributed by atoms with van der Waals surface area (Å²) in [5, 5.41) is 19.4. The Labute approximate surface area is 267 Å². The zero-order chi connectivity index (χ0) is 32.8. The molecule has 0 unspecified atom stereocenters. The lowest BCUT2D eigenvalue weighted by Crippen LogP contribution is -2.58. The van der Waals surface area contributed by atoms with Crippen molar-refractivity contribution in [3.8, 4) is 10.4 Å². The highest BCUT2D eigenvalue weighted by atomic mass is 32.1. The maximum Gasteiger partial charge on any atom is 0.246 e. The number of nitrogens with one attached hydrogen (secondary N) is 2. The number of aliphatic hydroxyl groups excluding tert-OH is 1. The van der Waals surface area contributed by atoms with Crippen molar-refractivity contribution in [2.75, 3.05) is 52.7 Å². The second kappa shape index (κ2) is 17.8. The second-order valence-electron chi connectivity index (χ2n) is 11.7. The molecule has 0 bridgehead atoms. The summed E-state index contributed by atoms with van der Waals surface area (Å²) in [7, 11) is 0. The molecule has 1 aliphatic heterocycles. The van der Waals surface area contributed by atoms with Crippen molar-refractivity contribution in [3.05, 3.63) is 51.5 Å². The van der Waals surface area contributed by atoms with E-state index in [0.29, 0.717) is 19.8 Å². The third kappa shape index (κ3) is 11.4. The summed E-state index contributed by atoms with van der Waals surface area (Å²) in [5.74, 6) is -1.30. The topological polar surface area (TPSA) is 188 Å². The van der Waals surface area contributed by atoms with Gasteiger partial charge in [0.25, 0.3) is 0 Å². The molecule has 14 nitrogen and oxygen atoms in total. The van der Waals surface area contributed by atoms with Crippen molar-refractivity contribution in [1.29, 1.82) is 0 Å². The first-order chi connectivity index (χ1) is 21.5. The van der Waals surface area contributed by atoms with Gasteiger partial charge in [-0.25, -0.2) is 4.98 Å². The Kier molecular flexibility index (Phi) is 14.2. The van der Waals surface area contributed by atoms with Crippen LogP contribution in [0.4, 0.5) is 0 Å². The van der Waals surface area contributed by atoms with E-state index in [9.17, 15) is 19.5 Å². The van der Waals surface area contributed by atoms with Gasteiger partial charge in [0.1, 0.15) is 18.7 Å². The van der Waals surface area contributed by atoms with Crippen molar-refractivity contribution >= 4 is 29.1 Å². The predicted molar refractivity (Wildman–Crippen MR) is 168 cm³/mol. The fourth-order valence-electron chi connectivity index (χ4n) is 4.74. The van der Waals surface area contributed by atoms with Gasteiger partial charge in [-0.2, -0.15) is 0 Å². The van der Waals surface area contributed by atoms with Gasteiger partial charge in [0.05, 0.1) is 55.2 Å². The van der Waals surface area contributed by atoms with E-state index in [1.807, 2.05) is 57.5 Å². The largest absolute Gasteiger partial charge is 0.391 e. The van der Waals surface area contributed by atoms with Gasteiger partial charge in [-0.15, -0.1) is 11.3 Å². The minimum Gasteiger partial charge on any atom is -0.391 e. The van der Waals surface area contributed by atoms with Gasteiger partial charge < -0.3 is 34.9 Å². The monoisotopic (exact) mass is 645 g/mol. The molecule has 3 atom stereocenters. The third-order valence-electron chi connectivity index (χ3n) is 7.09. The Morgan fingerprint density at radius 3 is 2.42 bits per heavy atom. The fraction of sp³-hybridized carbons (Fsp3) is 0.600. The fourth-order valence-corrected chi connectivity index (χ4v) is 5.55. The van der Waals surface area contributed by atoms with Crippen molar-refractivity contribution in [2.24, 2.45) is 10.5 Å². The van der Waals surface area contributed by atoms with Crippen molar-refractivity contribution in [3.63, 3.8) is 0 Å². The van der Waals surface area contributed by atoms with E-state index < -0.39 is 35.4 Å². The average Bonchev–Trinajstić information content (AvgIpc) is 3.62. The van der Waals surface area contributed by atoms with Crippen LogP contribution in [0.1, 0.15) is 38.4 Å². The first-order valence-corrected chi connectivity index (χ1v) is 15.7. The van der Waals surface area contributed by atoms with Gasteiger partial charge in [-0.05, 0) is 29.0 Å². The standard InChI is InChI=1S/C30H43N7O7S/c1-20-26(45-19-33-20)22-7-5-21(6-8-22)16-32-28(40)24-15-23(38)17-37(24)29(41)27(30(2,3)4)35-25(39)18-44-14-13-43-12-11-42-10-9-34-36-31/h5-8,19,23-24,27,38H,9-18H2,1-4H3,(H,32,40)(H,35,39)/t23-,24-,27+/m0/s1. The lowest BCUT2D eigenvalue weighted by Gasteiger charge is -2.35. The number of azide groups is 1. The highest BCUT2D eigenvalue weighted by molar-refractivity contribution is 7.13. The van der Waals surface area contributed by atoms with Crippen LogP contribution in [0, 0.1) is 12.3 Å². The maximum atomic E-state index is 13.7. The summed E-state index contributed by atoms with van der Waals surface area (Å²) in [4.78, 5) is 49.0. The van der Waals surface area contributed by atoms with Crippen molar-refractivity contribution < 1.29 is 33.7 Å². The Balaban J connectivity index is 1.48. The molecule has 3 amide bonds. The lowest BCUT2D eigenvalue weighted by molar-refractivity contribution is -0.144. The zero-order valence-electron chi connectivity index (χ0n) is 26.2. The van der Waals surface area contributed by atoms with E-state index in [-0.39, 0.29) is 51.8 Å². The van der Waals surface area contributed by atoms with Gasteiger partial charge in [0.15, 0.2) is 0 Å². The second-order valence-corrected chi connectivity index (χ2v) is 12.5. The van der Waals surface area contributed by atoms with Crippen LogP contribution >= 0.6 is 11.3 Å². The molecule has 45 heavy (non-hydrogen) atoms. The van der Waals surface area contributed by atoms with Crippen LogP contribution < -0.4 is 10.6 Å². The first kappa shape index (κ1) is 35.9. The molecule has 1 aromatic heterocycles. The Morgan fingerprint density at radius 1 is 1.13 bits per heavy atom. The number of β-amino-alcohol motifs (C(OH)–C–C–N with tert-alkyl or cyclic N) is 1. The number of ether oxygens (including phenoxy) is 3. The molecule has 0 radical (unpaired) electrons. The number of amides is 3. The van der Waals surface area contributed by atoms with Gasteiger partial charge in [-0.3, -0.25) is 14.4 Å². The van der Waals surface area contributed by atoms with Crippen LogP contribution in [-0.4, -0.2) is 104 Å². The SMILES string of the molecule is Cc1ncsc1-c1ccc(CNC(=O)[C@@H]2C[C@H](O)CN2C(=O)[C@@H](NC(=O)COCCOCCOCCN=[N+]=[N-])C(C)(C)C)cc1. The summed E-state index contributed by atoms with van der Waals surface area (Å²) in [6.45, 7) is 9.01. The smallest absolute Gasteiger partial charge is 0.246 e. The van der Waals surface area contributed by atoms with E-state index in [0.717, 1.165) is 21.7 Å². The summed E-state index contributed by atoms with van der Waals surface area (Å²) in [6.07, 6.45) is -0.753. The van der Waals surface area contributed by atoms with Gasteiger partial charge >= 0.3 is 0 Å². The molecule has 2 heterocycles. The molecule has 0 aliphatic carbocycles. The van der Waals surface area contributed by atoms with Crippen LogP contribution in [-0.2, 0) is 35.1 Å². The van der Waals surface area contributed by atoms with Crippen LogP contribution in [0.25, 0.3) is 20.9 Å². The number of carbonyl (C=O) groups is 3. The number of aromatic nitrogens is 1. The molecule has 1 aromatic carbocycles. The third-order valence-corrected chi connectivity index (χ3v) is 8.07. The Hall–Kier alpha value is -3.59. The summed E-state index contributed by atoms with van der Waals surface area (Å²) < 4.78 is 16.0. The average molecular weight is 646 g/mol. The highest BCUT2D eigenvalue weighted by Crippen LogP contribution is 2.28. The molecule has 3 rings (SSSR count). The number of likely N-dealkylation sites (tertiary alicyclic amines) is 1. The summed E-state index contributed by atoms with van der Waals surface area (Å²) in [6, 6.07) is 6.02. The first-order valence-electron chi connectivity index (χ1n) is 14.8. The molecule has 15 heteroatoms. The minimum absolute atomic E-state index is 0.00857. The van der Waals surface area contributed by atoms with Crippen LogP contribution in [0.5, 0.6) is 0 Å². The number of rotatable bonds is 17. The number of carbonyl (C=O) groups excluding carboxylic acids is 3. The van der Waals surface area contributed by atoms with Crippen molar-refractivity contribution in [2.45, 2.75) is 58.8 Å². The van der Waals surface area contributed by atoms with E-state index in [2.05, 4.69) is 25.6 Å². The maximum absolute atomic E-state index is 13.7. The number of aryl methyl sites for hydroxylation is 1. The molecule has 0 saturated carbocycles. The molecule has 1 saturated heterocycles.